The lowest BCUT2D eigenvalue weighted by Crippen LogP contribution is -2.09. The molecule has 12 aromatic rings. The maximum absolute atomic E-state index is 11.1. The van der Waals surface area contributed by atoms with E-state index < -0.39 is 0 Å². The van der Waals surface area contributed by atoms with E-state index in [1.54, 1.807) is 0 Å². The number of hydrogen-bond acceptors (Lipinski definition) is 4. The fraction of sp³-hybridized carbons (Fsp3) is 0. The van der Waals surface area contributed by atoms with Crippen LogP contribution >= 0.6 is 0 Å². The van der Waals surface area contributed by atoms with E-state index >= 15 is 0 Å². The van der Waals surface area contributed by atoms with Crippen LogP contribution < -0.4 is 4.90 Å². The van der Waals surface area contributed by atoms with Gasteiger partial charge in [0.05, 0.1) is 50.0 Å². The fourth-order valence-electron chi connectivity index (χ4n) is 9.42. The van der Waals surface area contributed by atoms with Crippen molar-refractivity contribution in [3.05, 3.63) is 199 Å². The Hall–Kier alpha value is -8.58. The fourth-order valence-corrected chi connectivity index (χ4v) is 9.42. The topological polar surface area (TPSA) is 73.8 Å². The van der Waals surface area contributed by atoms with Crippen molar-refractivity contribution in [2.75, 3.05) is 4.90 Å². The summed E-state index contributed by atoms with van der Waals surface area (Å²) >= 11 is 0. The molecule has 3 aromatic heterocycles. The van der Waals surface area contributed by atoms with Crippen LogP contribution in [0, 0.1) is 22.7 Å². The van der Waals surface area contributed by atoms with E-state index in [-0.39, 0.29) is 0 Å². The third kappa shape index (κ3) is 4.80. The van der Waals surface area contributed by atoms with Crippen LogP contribution in [0.3, 0.4) is 0 Å². The van der Waals surface area contributed by atoms with Crippen molar-refractivity contribution in [2.45, 2.75) is 0 Å². The molecule has 3 heterocycles. The summed E-state index contributed by atoms with van der Waals surface area (Å²) in [6.45, 7) is 0. The number of furan rings is 1. The molecule has 12 rings (SSSR count). The second-order valence-corrected chi connectivity index (χ2v) is 15.1. The van der Waals surface area contributed by atoms with Crippen molar-refractivity contribution in [3.8, 4) is 23.5 Å². The van der Waals surface area contributed by atoms with Crippen LogP contribution in [0.25, 0.3) is 87.7 Å². The molecule has 0 saturated carbocycles. The Bertz CT molecular complexity index is 3760. The van der Waals surface area contributed by atoms with Gasteiger partial charge in [0.25, 0.3) is 0 Å². The summed E-state index contributed by atoms with van der Waals surface area (Å²) in [7, 11) is 0. The standard InChI is InChI=1S/C54H31N5O/c55-32-35-30-49(36(33-56)29-48(35)58-45-21-11-9-19-42(45)52-40-18-8-7-13-34(40)23-26-47(52)58)59-46-27-24-39(57(37-14-3-1-4-15-37)38-16-5-2-6-17-38)31-44(46)41-25-28-51-53(54(41)59)43-20-10-12-22-50(43)60-51/h1-31H. The van der Waals surface area contributed by atoms with Gasteiger partial charge in [-0.2, -0.15) is 10.5 Å². The van der Waals surface area contributed by atoms with Gasteiger partial charge in [-0.25, -0.2) is 0 Å². The largest absolute Gasteiger partial charge is 0.456 e. The number of aromatic nitrogens is 2. The first-order chi connectivity index (χ1) is 29.7. The van der Waals surface area contributed by atoms with Crippen molar-refractivity contribution in [3.63, 3.8) is 0 Å². The first kappa shape index (κ1) is 33.5. The molecule has 6 heteroatoms. The van der Waals surface area contributed by atoms with E-state index in [2.05, 4.69) is 160 Å². The summed E-state index contributed by atoms with van der Waals surface area (Å²) in [6.07, 6.45) is 0. The highest BCUT2D eigenvalue weighted by Crippen LogP contribution is 2.45. The average Bonchev–Trinajstić information content (AvgIpc) is 3.97. The molecule has 0 aliphatic rings. The minimum atomic E-state index is 0.443. The van der Waals surface area contributed by atoms with E-state index in [4.69, 9.17) is 4.42 Å². The Morgan fingerprint density at radius 1 is 0.400 bits per heavy atom. The summed E-state index contributed by atoms with van der Waals surface area (Å²) in [5, 5.41) is 30.6. The minimum Gasteiger partial charge on any atom is -0.456 e. The normalized spacial score (nSPS) is 11.6. The number of fused-ring (bicyclic) bond motifs is 12. The number of hydrogen-bond donors (Lipinski definition) is 0. The molecule has 60 heavy (non-hydrogen) atoms. The molecular weight excluding hydrogens is 735 g/mol. The molecule has 0 spiro atoms. The monoisotopic (exact) mass is 765 g/mol. The molecule has 6 nitrogen and oxygen atoms in total. The van der Waals surface area contributed by atoms with E-state index in [0.717, 1.165) is 93.4 Å². The summed E-state index contributed by atoms with van der Waals surface area (Å²) in [5.74, 6) is 0. The molecule has 0 unspecified atom stereocenters. The lowest BCUT2D eigenvalue weighted by Gasteiger charge is -2.25. The van der Waals surface area contributed by atoms with Crippen molar-refractivity contribution >= 4 is 93.4 Å². The highest BCUT2D eigenvalue weighted by Gasteiger charge is 2.25. The average molecular weight is 766 g/mol. The minimum absolute atomic E-state index is 0.443. The predicted molar refractivity (Wildman–Crippen MR) is 244 cm³/mol. The Labute approximate surface area is 343 Å². The summed E-state index contributed by atoms with van der Waals surface area (Å²) in [4.78, 5) is 2.26. The van der Waals surface area contributed by atoms with Gasteiger partial charge in [0.2, 0.25) is 0 Å². The molecular formula is C54H31N5O. The van der Waals surface area contributed by atoms with E-state index in [9.17, 15) is 10.5 Å². The molecule has 278 valence electrons. The van der Waals surface area contributed by atoms with Gasteiger partial charge in [-0.3, -0.25) is 0 Å². The maximum atomic E-state index is 11.1. The SMILES string of the molecule is N#Cc1cc(-n2c3ccc(N(c4ccccc4)c4ccccc4)cc3c3ccc4oc5ccccc5c4c32)c(C#N)cc1-n1c2ccccc2c2c3ccccc3ccc21. The molecule has 0 aliphatic carbocycles. The highest BCUT2D eigenvalue weighted by atomic mass is 16.3. The quantitative estimate of drug-likeness (QED) is 0.175. The van der Waals surface area contributed by atoms with Gasteiger partial charge < -0.3 is 18.5 Å². The molecule has 9 aromatic carbocycles. The molecule has 0 bridgehead atoms. The zero-order chi connectivity index (χ0) is 39.9. The highest BCUT2D eigenvalue weighted by molar-refractivity contribution is 6.25. The molecule has 0 radical (unpaired) electrons. The van der Waals surface area contributed by atoms with Gasteiger partial charge in [0, 0.05) is 44.0 Å². The van der Waals surface area contributed by atoms with Gasteiger partial charge in [-0.15, -0.1) is 0 Å². The Kier molecular flexibility index (Phi) is 7.26. The number of rotatable bonds is 5. The van der Waals surface area contributed by atoms with Crippen LogP contribution in [0.2, 0.25) is 0 Å². The predicted octanol–water partition coefficient (Wildman–Crippen LogP) is 14.1. The first-order valence-corrected chi connectivity index (χ1v) is 19.9. The third-order valence-electron chi connectivity index (χ3n) is 11.9. The second-order valence-electron chi connectivity index (χ2n) is 15.1. The first-order valence-electron chi connectivity index (χ1n) is 19.9. The van der Waals surface area contributed by atoms with Crippen LogP contribution in [-0.4, -0.2) is 9.13 Å². The molecule has 0 saturated heterocycles. The van der Waals surface area contributed by atoms with Crippen LogP contribution in [0.4, 0.5) is 17.1 Å². The van der Waals surface area contributed by atoms with Gasteiger partial charge in [0.1, 0.15) is 23.3 Å². The van der Waals surface area contributed by atoms with Crippen LogP contribution in [0.5, 0.6) is 0 Å². The van der Waals surface area contributed by atoms with Crippen LogP contribution in [0.1, 0.15) is 11.1 Å². The van der Waals surface area contributed by atoms with Gasteiger partial charge >= 0.3 is 0 Å². The van der Waals surface area contributed by atoms with E-state index in [1.165, 1.54) is 0 Å². The Morgan fingerprint density at radius 3 is 1.73 bits per heavy atom. The zero-order valence-electron chi connectivity index (χ0n) is 32.0. The van der Waals surface area contributed by atoms with Crippen molar-refractivity contribution in [1.29, 1.82) is 10.5 Å². The number of para-hydroxylation sites is 4. The molecule has 0 amide bonds. The van der Waals surface area contributed by atoms with Crippen molar-refractivity contribution in [1.82, 2.24) is 9.13 Å². The molecule has 0 atom stereocenters. The van der Waals surface area contributed by atoms with E-state index in [0.29, 0.717) is 22.5 Å². The summed E-state index contributed by atoms with van der Waals surface area (Å²) in [6, 6.07) is 69.3. The van der Waals surface area contributed by atoms with Crippen molar-refractivity contribution in [2.24, 2.45) is 0 Å². The second kappa shape index (κ2) is 13.0. The smallest absolute Gasteiger partial charge is 0.137 e. The van der Waals surface area contributed by atoms with Gasteiger partial charge in [-0.05, 0) is 95.7 Å². The number of anilines is 3. The lowest BCUT2D eigenvalue weighted by atomic mass is 10.0. The lowest BCUT2D eigenvalue weighted by molar-refractivity contribution is 0.669. The number of nitriles is 2. The summed E-state index contributed by atoms with van der Waals surface area (Å²) in [5.41, 5.74) is 10.5. The van der Waals surface area contributed by atoms with Crippen LogP contribution in [-0.2, 0) is 0 Å². The number of nitrogens with zero attached hydrogens (tertiary/aromatic N) is 5. The number of benzene rings is 9. The van der Waals surface area contributed by atoms with Crippen molar-refractivity contribution < 1.29 is 4.42 Å². The van der Waals surface area contributed by atoms with E-state index in [1.807, 2.05) is 54.6 Å². The third-order valence-corrected chi connectivity index (χ3v) is 11.9. The molecule has 0 aliphatic heterocycles. The zero-order valence-corrected chi connectivity index (χ0v) is 32.0. The molecule has 0 fully saturated rings. The van der Waals surface area contributed by atoms with Crippen LogP contribution in [0.15, 0.2) is 192 Å². The Morgan fingerprint density at radius 2 is 1.00 bits per heavy atom. The van der Waals surface area contributed by atoms with Gasteiger partial charge in [-0.1, -0.05) is 103 Å². The Balaban J connectivity index is 1.17. The van der Waals surface area contributed by atoms with Gasteiger partial charge in [0.15, 0.2) is 0 Å². The molecule has 0 N–H and O–H groups in total. The maximum Gasteiger partial charge on any atom is 0.137 e. The summed E-state index contributed by atoms with van der Waals surface area (Å²) < 4.78 is 10.8.